The molecule has 0 saturated carbocycles. The first-order chi connectivity index (χ1) is 16.1. The van der Waals surface area contributed by atoms with Gasteiger partial charge in [0.2, 0.25) is 0 Å². The van der Waals surface area contributed by atoms with Gasteiger partial charge in [0.25, 0.3) is 5.91 Å². The van der Waals surface area contributed by atoms with Crippen LogP contribution in [-0.2, 0) is 0 Å². The lowest BCUT2D eigenvalue weighted by molar-refractivity contribution is 0.0125. The van der Waals surface area contributed by atoms with Crippen molar-refractivity contribution in [3.63, 3.8) is 0 Å². The van der Waals surface area contributed by atoms with Crippen molar-refractivity contribution >= 4 is 5.91 Å². The number of hydrogen-bond acceptors (Lipinski definition) is 2. The second-order valence-electron chi connectivity index (χ2n) is 9.60. The van der Waals surface area contributed by atoms with E-state index < -0.39 is 0 Å². The Kier molecular flexibility index (Phi) is 6.28. The van der Waals surface area contributed by atoms with E-state index in [-0.39, 0.29) is 23.2 Å². The Hall–Kier alpha value is -2.98. The van der Waals surface area contributed by atoms with E-state index in [9.17, 15) is 9.18 Å². The largest absolute Gasteiger partial charge is 0.339 e. The molecule has 0 aromatic heterocycles. The quantitative estimate of drug-likeness (QED) is 0.500. The first-order valence-corrected chi connectivity index (χ1v) is 12.0. The van der Waals surface area contributed by atoms with Crippen LogP contribution in [0, 0.1) is 11.2 Å². The molecular formula is C29H31FN2O. The van der Waals surface area contributed by atoms with Crippen LogP contribution >= 0.6 is 0 Å². The van der Waals surface area contributed by atoms with E-state index in [1.165, 1.54) is 36.1 Å². The molecule has 3 nitrogen and oxygen atoms in total. The van der Waals surface area contributed by atoms with Crippen LogP contribution in [0.15, 0.2) is 84.9 Å². The molecule has 5 rings (SSSR count). The molecule has 0 atom stereocenters. The van der Waals surface area contributed by atoms with Gasteiger partial charge in [-0.2, -0.15) is 0 Å². The predicted molar refractivity (Wildman–Crippen MR) is 130 cm³/mol. The third kappa shape index (κ3) is 4.72. The lowest BCUT2D eigenvalue weighted by atomic mass is 9.71. The molecule has 2 saturated heterocycles. The average molecular weight is 443 g/mol. The Morgan fingerprint density at radius 2 is 1.42 bits per heavy atom. The summed E-state index contributed by atoms with van der Waals surface area (Å²) in [5.74, 6) is -0.409. The van der Waals surface area contributed by atoms with Crippen molar-refractivity contribution in [1.82, 2.24) is 9.80 Å². The minimum absolute atomic E-state index is 0.0523. The maximum atomic E-state index is 13.6. The molecule has 3 aromatic rings. The second-order valence-corrected chi connectivity index (χ2v) is 9.60. The number of nitrogens with zero attached hydrogens (tertiary/aromatic N) is 2. The normalized spacial score (nSPS) is 18.5. The highest BCUT2D eigenvalue weighted by molar-refractivity contribution is 5.94. The zero-order valence-electron chi connectivity index (χ0n) is 19.0. The number of rotatable bonds is 4. The zero-order chi connectivity index (χ0) is 22.7. The highest BCUT2D eigenvalue weighted by Gasteiger charge is 2.41. The van der Waals surface area contributed by atoms with Crippen LogP contribution in [-0.4, -0.2) is 41.9 Å². The molecule has 4 heteroatoms. The van der Waals surface area contributed by atoms with E-state index in [4.69, 9.17) is 0 Å². The number of hydrogen-bond donors (Lipinski definition) is 0. The molecule has 2 heterocycles. The Balaban J connectivity index is 1.32. The zero-order valence-corrected chi connectivity index (χ0v) is 19.0. The molecule has 3 aromatic carbocycles. The van der Waals surface area contributed by atoms with Crippen LogP contribution in [0.2, 0.25) is 0 Å². The van der Waals surface area contributed by atoms with E-state index in [2.05, 4.69) is 65.6 Å². The molecule has 0 aliphatic carbocycles. The molecule has 0 N–H and O–H groups in total. The molecule has 0 bridgehead atoms. The van der Waals surface area contributed by atoms with Crippen LogP contribution in [0.3, 0.4) is 0 Å². The van der Waals surface area contributed by atoms with Gasteiger partial charge in [0, 0.05) is 25.2 Å². The van der Waals surface area contributed by atoms with Gasteiger partial charge in [-0.3, -0.25) is 9.69 Å². The van der Waals surface area contributed by atoms with Crippen molar-refractivity contribution < 1.29 is 9.18 Å². The summed E-state index contributed by atoms with van der Waals surface area (Å²) in [6, 6.07) is 27.9. The van der Waals surface area contributed by atoms with Crippen molar-refractivity contribution in [3.05, 3.63) is 107 Å². The Bertz CT molecular complexity index is 1040. The third-order valence-corrected chi connectivity index (χ3v) is 7.47. The first-order valence-electron chi connectivity index (χ1n) is 12.0. The molecule has 33 heavy (non-hydrogen) atoms. The molecule has 0 unspecified atom stereocenters. The number of likely N-dealkylation sites (tertiary alicyclic amines) is 2. The van der Waals surface area contributed by atoms with Gasteiger partial charge in [0.15, 0.2) is 0 Å². The summed E-state index contributed by atoms with van der Waals surface area (Å²) >= 11 is 0. The fourth-order valence-electron chi connectivity index (χ4n) is 5.75. The van der Waals surface area contributed by atoms with Crippen LogP contribution in [0.4, 0.5) is 4.39 Å². The second kappa shape index (κ2) is 9.48. The van der Waals surface area contributed by atoms with Crippen LogP contribution in [0.5, 0.6) is 0 Å². The highest BCUT2D eigenvalue weighted by atomic mass is 19.1. The molecule has 2 aliphatic rings. The van der Waals surface area contributed by atoms with Crippen molar-refractivity contribution in [1.29, 1.82) is 0 Å². The smallest absolute Gasteiger partial charge is 0.253 e. The van der Waals surface area contributed by atoms with Crippen LogP contribution in [0.25, 0.3) is 0 Å². The molecule has 0 radical (unpaired) electrons. The average Bonchev–Trinajstić information content (AvgIpc) is 2.86. The van der Waals surface area contributed by atoms with E-state index >= 15 is 0 Å². The number of carbonyl (C=O) groups excluding carboxylic acids is 1. The predicted octanol–water partition coefficient (Wildman–Crippen LogP) is 5.93. The number of benzene rings is 3. The van der Waals surface area contributed by atoms with Crippen molar-refractivity contribution in [3.8, 4) is 0 Å². The third-order valence-electron chi connectivity index (χ3n) is 7.47. The Morgan fingerprint density at radius 1 is 0.788 bits per heavy atom. The fourth-order valence-corrected chi connectivity index (χ4v) is 5.75. The maximum Gasteiger partial charge on any atom is 0.253 e. The van der Waals surface area contributed by atoms with Gasteiger partial charge in [-0.05, 0) is 67.0 Å². The van der Waals surface area contributed by atoms with Crippen molar-refractivity contribution in [2.45, 2.75) is 31.7 Å². The minimum atomic E-state index is -0.356. The number of carbonyl (C=O) groups is 1. The Labute approximate surface area is 195 Å². The lowest BCUT2D eigenvalue weighted by Gasteiger charge is -2.49. The summed E-state index contributed by atoms with van der Waals surface area (Å²) in [7, 11) is 0. The molecule has 2 aliphatic heterocycles. The highest BCUT2D eigenvalue weighted by Crippen LogP contribution is 2.43. The van der Waals surface area contributed by atoms with Gasteiger partial charge in [-0.25, -0.2) is 4.39 Å². The van der Waals surface area contributed by atoms with Gasteiger partial charge in [0.05, 0.1) is 6.04 Å². The van der Waals surface area contributed by atoms with Crippen molar-refractivity contribution in [2.75, 3.05) is 26.2 Å². The minimum Gasteiger partial charge on any atom is -0.339 e. The van der Waals surface area contributed by atoms with Gasteiger partial charge >= 0.3 is 0 Å². The lowest BCUT2D eigenvalue weighted by Crippen LogP contribution is -2.51. The summed E-state index contributed by atoms with van der Waals surface area (Å²) in [4.78, 5) is 17.5. The fraction of sp³-hybridized carbons (Fsp3) is 0.345. The van der Waals surface area contributed by atoms with Crippen LogP contribution in [0.1, 0.15) is 53.2 Å². The van der Waals surface area contributed by atoms with Crippen molar-refractivity contribution in [2.24, 2.45) is 5.41 Å². The molecular weight excluding hydrogens is 411 g/mol. The topological polar surface area (TPSA) is 23.6 Å². The molecule has 1 amide bonds. The summed E-state index contributed by atoms with van der Waals surface area (Å²) < 4.78 is 13.6. The van der Waals surface area contributed by atoms with E-state index in [0.717, 1.165) is 39.0 Å². The van der Waals surface area contributed by atoms with Gasteiger partial charge in [-0.15, -0.1) is 0 Å². The summed E-state index contributed by atoms with van der Waals surface area (Å²) in [5, 5.41) is 0. The van der Waals surface area contributed by atoms with Crippen LogP contribution < -0.4 is 0 Å². The summed E-state index contributed by atoms with van der Waals surface area (Å²) in [6.45, 7) is 3.61. The maximum absolute atomic E-state index is 13.6. The summed E-state index contributed by atoms with van der Waals surface area (Å²) in [5.41, 5.74) is 3.35. The molecule has 1 spiro atoms. The van der Waals surface area contributed by atoms with E-state index in [1.807, 2.05) is 4.90 Å². The van der Waals surface area contributed by atoms with Gasteiger partial charge in [-0.1, -0.05) is 66.7 Å². The first kappa shape index (κ1) is 21.8. The monoisotopic (exact) mass is 442 g/mol. The standard InChI is InChI=1S/C29H31FN2O/c30-26-14-7-13-25(21-26)28(33)31-19-16-29(17-20-31)15-8-18-32(22-29)27(23-9-3-1-4-10-23)24-11-5-2-6-12-24/h1-7,9-14,21,27H,8,15-20,22H2. The number of piperidine rings is 2. The molecule has 2 fully saturated rings. The Morgan fingerprint density at radius 3 is 2.03 bits per heavy atom. The number of halogens is 1. The SMILES string of the molecule is O=C(c1cccc(F)c1)N1CCC2(CCCN(C(c3ccccc3)c3ccccc3)C2)CC1. The number of amides is 1. The van der Waals surface area contributed by atoms with Gasteiger partial charge in [0.1, 0.15) is 5.82 Å². The summed E-state index contributed by atoms with van der Waals surface area (Å²) in [6.07, 6.45) is 4.39. The molecule has 170 valence electrons. The van der Waals surface area contributed by atoms with E-state index in [1.54, 1.807) is 12.1 Å². The van der Waals surface area contributed by atoms with Gasteiger partial charge < -0.3 is 4.90 Å². The van der Waals surface area contributed by atoms with E-state index in [0.29, 0.717) is 5.56 Å².